The molecule has 0 saturated heterocycles. The number of aliphatic hydroxyl groups excluding tert-OH is 1. The van der Waals surface area contributed by atoms with E-state index in [1.807, 2.05) is 30.3 Å². The van der Waals surface area contributed by atoms with Crippen LogP contribution in [0.2, 0.25) is 0 Å². The van der Waals surface area contributed by atoms with E-state index in [1.165, 1.54) is 29.2 Å². The molecular weight excluding hydrogens is 546 g/mol. The largest absolute Gasteiger partial charge is 0.389 e. The molecule has 3 N–H and O–H groups in total. The van der Waals surface area contributed by atoms with Gasteiger partial charge in [0.15, 0.2) is 5.65 Å². The van der Waals surface area contributed by atoms with Gasteiger partial charge >= 0.3 is 5.69 Å². The van der Waals surface area contributed by atoms with Gasteiger partial charge in [-0.05, 0) is 48.9 Å². The number of nitrogens with zero attached hydrogens (tertiary/aromatic N) is 3. The number of hydrogen-bond acceptors (Lipinski definition) is 5. The van der Waals surface area contributed by atoms with Crippen molar-refractivity contribution in [1.82, 2.24) is 24.9 Å². The van der Waals surface area contributed by atoms with Crippen LogP contribution in [0.1, 0.15) is 57.4 Å². The van der Waals surface area contributed by atoms with E-state index in [0.29, 0.717) is 5.65 Å². The van der Waals surface area contributed by atoms with Gasteiger partial charge in [-0.1, -0.05) is 92.9 Å². The van der Waals surface area contributed by atoms with E-state index < -0.39 is 0 Å². The van der Waals surface area contributed by atoms with Gasteiger partial charge in [0.25, 0.3) is 0 Å². The number of H-pyrrole nitrogens is 1. The van der Waals surface area contributed by atoms with Gasteiger partial charge in [-0.2, -0.15) is 5.10 Å². The maximum absolute atomic E-state index is 12.2. The topological polar surface area (TPSA) is 95.3 Å². The average molecular weight is 584 g/mol. The molecule has 1 atom stereocenters. The number of aromatic nitrogens is 4. The zero-order chi connectivity index (χ0) is 28.2. The highest BCUT2D eigenvalue weighted by Crippen LogP contribution is 2.42. The Morgan fingerprint density at radius 3 is 2.57 bits per heavy atom. The van der Waals surface area contributed by atoms with Gasteiger partial charge in [-0.15, -0.1) is 12.4 Å². The first-order valence-electron chi connectivity index (χ1n) is 14.7. The fourth-order valence-corrected chi connectivity index (χ4v) is 5.89. The average Bonchev–Trinajstić information content (AvgIpc) is 3.37. The van der Waals surface area contributed by atoms with Gasteiger partial charge in [0.05, 0.1) is 17.3 Å². The van der Waals surface area contributed by atoms with Gasteiger partial charge in [0.2, 0.25) is 0 Å². The smallest absolute Gasteiger partial charge is 0.347 e. The van der Waals surface area contributed by atoms with Crippen molar-refractivity contribution < 1.29 is 5.11 Å². The summed E-state index contributed by atoms with van der Waals surface area (Å²) in [5, 5.41) is 21.6. The lowest BCUT2D eigenvalue weighted by atomic mass is 9.71. The molecule has 7 nitrogen and oxygen atoms in total. The van der Waals surface area contributed by atoms with E-state index in [2.05, 4.69) is 71.0 Å². The highest BCUT2D eigenvalue weighted by Gasteiger charge is 2.37. The Hall–Kier alpha value is -3.78. The highest BCUT2D eigenvalue weighted by molar-refractivity contribution is 5.98. The van der Waals surface area contributed by atoms with E-state index in [9.17, 15) is 9.90 Å². The van der Waals surface area contributed by atoms with Crippen LogP contribution in [0, 0.1) is 0 Å². The lowest BCUT2D eigenvalue weighted by molar-refractivity contribution is 0.191. The third kappa shape index (κ3) is 5.91. The summed E-state index contributed by atoms with van der Waals surface area (Å²) in [6, 6.07) is 23.0. The van der Waals surface area contributed by atoms with Crippen molar-refractivity contribution in [3.63, 3.8) is 0 Å². The molecule has 8 heteroatoms. The molecule has 3 aromatic heterocycles. The Labute approximate surface area is 252 Å². The minimum atomic E-state index is -0.363. The first-order chi connectivity index (χ1) is 20.1. The molecule has 1 saturated carbocycles. The number of pyridine rings is 2. The standard InChI is InChI=1S/C34H37N5O2.ClH/c1-2-3-5-12-27(40)13-8-21-35-34(19-9-20-34)26-16-14-25(15-17-26)31-28(24-10-6-4-7-11-24)23-29-30(36-31)18-22-39-32(29)37-38-33(39)41;/h4,6-8,10-11,13-18,22-23,27,35,40H,2-3,5,9,12,19-21H2,1H3,(H,38,41);1H/b13-8+;. The number of unbranched alkanes of at least 4 members (excludes halogenated alkanes) is 2. The van der Waals surface area contributed by atoms with Crippen LogP contribution in [0.5, 0.6) is 0 Å². The number of aromatic amines is 1. The number of benzene rings is 2. The van der Waals surface area contributed by atoms with Crippen molar-refractivity contribution >= 4 is 29.0 Å². The zero-order valence-electron chi connectivity index (χ0n) is 23.9. The zero-order valence-corrected chi connectivity index (χ0v) is 24.7. The van der Waals surface area contributed by atoms with Crippen LogP contribution in [0.15, 0.2) is 89.9 Å². The SMILES string of the molecule is CCCCCC(O)/C=C/CNC1(c2ccc(-c3nc4ccn5c(=O)[nH]nc5c4cc3-c3ccccc3)cc2)CCC1.Cl. The summed E-state index contributed by atoms with van der Waals surface area (Å²) < 4.78 is 1.51. The maximum atomic E-state index is 12.2. The Morgan fingerprint density at radius 2 is 1.86 bits per heavy atom. The number of fused-ring (bicyclic) bond motifs is 3. The molecule has 0 bridgehead atoms. The fourth-order valence-electron chi connectivity index (χ4n) is 5.89. The molecule has 218 valence electrons. The van der Waals surface area contributed by atoms with Crippen LogP contribution in [0.25, 0.3) is 38.9 Å². The molecular formula is C34H38ClN5O2. The second-order valence-electron chi connectivity index (χ2n) is 11.1. The van der Waals surface area contributed by atoms with E-state index in [4.69, 9.17) is 4.98 Å². The third-order valence-corrected chi connectivity index (χ3v) is 8.40. The van der Waals surface area contributed by atoms with Crippen LogP contribution < -0.4 is 11.0 Å². The summed E-state index contributed by atoms with van der Waals surface area (Å²) in [4.78, 5) is 17.3. The molecule has 42 heavy (non-hydrogen) atoms. The molecule has 1 aliphatic rings. The van der Waals surface area contributed by atoms with E-state index in [1.54, 1.807) is 6.20 Å². The molecule has 6 rings (SSSR count). The number of nitrogens with one attached hydrogen (secondary N) is 2. The Morgan fingerprint density at radius 1 is 1.07 bits per heavy atom. The molecule has 3 heterocycles. The van der Waals surface area contributed by atoms with Gasteiger partial charge in [0, 0.05) is 34.8 Å². The molecule has 2 aromatic carbocycles. The molecule has 0 spiro atoms. The predicted octanol–water partition coefficient (Wildman–Crippen LogP) is 6.79. The van der Waals surface area contributed by atoms with Crippen molar-refractivity contribution in [3.05, 3.63) is 101 Å². The quantitative estimate of drug-likeness (QED) is 0.117. The lowest BCUT2D eigenvalue weighted by Crippen LogP contribution is -2.48. The summed E-state index contributed by atoms with van der Waals surface area (Å²) in [5.41, 5.74) is 6.33. The maximum Gasteiger partial charge on any atom is 0.347 e. The van der Waals surface area contributed by atoms with Crippen LogP contribution in [0.4, 0.5) is 0 Å². The molecule has 0 aliphatic heterocycles. The Kier molecular flexibility index (Phi) is 9.21. The number of halogens is 1. The summed E-state index contributed by atoms with van der Waals surface area (Å²) in [6.07, 6.45) is 13.0. The van der Waals surface area contributed by atoms with Crippen LogP contribution in [-0.2, 0) is 5.54 Å². The predicted molar refractivity (Wildman–Crippen MR) is 172 cm³/mol. The summed E-state index contributed by atoms with van der Waals surface area (Å²) in [7, 11) is 0. The monoisotopic (exact) mass is 583 g/mol. The molecule has 1 unspecified atom stereocenters. The lowest BCUT2D eigenvalue weighted by Gasteiger charge is -2.43. The Balaban J connectivity index is 0.00000353. The van der Waals surface area contributed by atoms with Gasteiger partial charge < -0.3 is 10.4 Å². The summed E-state index contributed by atoms with van der Waals surface area (Å²) >= 11 is 0. The highest BCUT2D eigenvalue weighted by atomic mass is 35.5. The molecule has 1 aliphatic carbocycles. The molecule has 0 radical (unpaired) electrons. The van der Waals surface area contributed by atoms with E-state index in [0.717, 1.165) is 65.5 Å². The third-order valence-electron chi connectivity index (χ3n) is 8.40. The van der Waals surface area contributed by atoms with Crippen molar-refractivity contribution in [2.45, 2.75) is 63.5 Å². The number of rotatable bonds is 11. The molecule has 1 fully saturated rings. The summed E-state index contributed by atoms with van der Waals surface area (Å²) in [6.45, 7) is 2.92. The Bertz CT molecular complexity index is 1720. The van der Waals surface area contributed by atoms with Crippen LogP contribution >= 0.6 is 12.4 Å². The molecule has 0 amide bonds. The van der Waals surface area contributed by atoms with Gasteiger partial charge in [-0.25, -0.2) is 19.3 Å². The second-order valence-corrected chi connectivity index (χ2v) is 11.1. The van der Waals surface area contributed by atoms with Gasteiger partial charge in [-0.3, -0.25) is 0 Å². The first-order valence-corrected chi connectivity index (χ1v) is 14.7. The van der Waals surface area contributed by atoms with Crippen LogP contribution in [0.3, 0.4) is 0 Å². The van der Waals surface area contributed by atoms with Crippen molar-refractivity contribution in [2.24, 2.45) is 0 Å². The van der Waals surface area contributed by atoms with Crippen molar-refractivity contribution in [2.75, 3.05) is 6.54 Å². The number of aliphatic hydroxyl groups is 1. The van der Waals surface area contributed by atoms with Gasteiger partial charge in [0.1, 0.15) is 0 Å². The first kappa shape index (κ1) is 29.7. The molecule has 5 aromatic rings. The number of hydrogen-bond donors (Lipinski definition) is 3. The van der Waals surface area contributed by atoms with Crippen LogP contribution in [-0.4, -0.2) is 37.3 Å². The van der Waals surface area contributed by atoms with E-state index in [-0.39, 0.29) is 29.7 Å². The van der Waals surface area contributed by atoms with E-state index >= 15 is 0 Å². The minimum Gasteiger partial charge on any atom is -0.389 e. The second kappa shape index (κ2) is 13.0. The van der Waals surface area contributed by atoms with Crippen molar-refractivity contribution in [1.29, 1.82) is 0 Å². The fraction of sp³-hybridized carbons (Fsp3) is 0.324. The summed E-state index contributed by atoms with van der Waals surface area (Å²) in [5.74, 6) is 0. The normalized spacial score (nSPS) is 15.1. The minimum absolute atomic E-state index is 0. The van der Waals surface area contributed by atoms with Crippen molar-refractivity contribution in [3.8, 4) is 22.4 Å².